The lowest BCUT2D eigenvalue weighted by atomic mass is 10.3. The molecule has 0 amide bonds. The third kappa shape index (κ3) is 19.5. The summed E-state index contributed by atoms with van der Waals surface area (Å²) in [5, 5.41) is 0. The van der Waals surface area contributed by atoms with Gasteiger partial charge in [-0.2, -0.15) is 0 Å². The first-order chi connectivity index (χ1) is 21.3. The number of hydrogen-bond donors (Lipinski definition) is 0. The molecule has 0 aromatic carbocycles. The lowest BCUT2D eigenvalue weighted by Gasteiger charge is -2.33. The van der Waals surface area contributed by atoms with Crippen molar-refractivity contribution in [1.82, 2.24) is 0 Å². The van der Waals surface area contributed by atoms with E-state index in [-0.39, 0.29) is 0 Å². The first-order valence-electron chi connectivity index (χ1n) is 17.7. The maximum absolute atomic E-state index is 5.76. The molecule has 0 aromatic rings. The molecule has 0 unspecified atom stereocenters. The Balaban J connectivity index is 5.51. The third-order valence-corrected chi connectivity index (χ3v) is 28.4. The van der Waals surface area contributed by atoms with E-state index in [0.29, 0.717) is 0 Å². The second-order valence-corrected chi connectivity index (χ2v) is 33.2. The van der Waals surface area contributed by atoms with Crippen molar-refractivity contribution in [2.75, 3.05) is 56.9 Å². The topological polar surface area (TPSA) is 73.8 Å². The van der Waals surface area contributed by atoms with Gasteiger partial charge in [0.25, 0.3) is 0 Å². The Morgan fingerprint density at radius 3 is 0.556 bits per heavy atom. The molecule has 0 spiro atoms. The molecule has 0 N–H and O–H groups in total. The van der Waals surface area contributed by atoms with Crippen LogP contribution in [0.15, 0.2) is 0 Å². The average molecular weight is 729 g/mol. The van der Waals surface area contributed by atoms with Crippen LogP contribution < -0.4 is 0 Å². The summed E-state index contributed by atoms with van der Waals surface area (Å²) in [6, 6.07) is 10.2. The zero-order chi connectivity index (χ0) is 34.3. The standard InChI is InChI=1S/C32H76O8Si5/c1-33-41(9,34-2)25-17-13-21-29-45(30-22-14-18-26-42(10,35-3)36-4,31-23-15-19-27-43(11,37-5)38-6)32-24-16-20-28-44(12,39-7)40-8/h13-32H2,1-12H3. The van der Waals surface area contributed by atoms with E-state index >= 15 is 0 Å². The minimum atomic E-state index is -1.99. The molecule has 0 saturated heterocycles. The van der Waals surface area contributed by atoms with Crippen LogP contribution in [-0.2, 0) is 35.4 Å². The summed E-state index contributed by atoms with van der Waals surface area (Å²) >= 11 is 0. The fourth-order valence-corrected chi connectivity index (χ4v) is 17.8. The van der Waals surface area contributed by atoms with E-state index in [4.69, 9.17) is 35.4 Å². The van der Waals surface area contributed by atoms with Gasteiger partial charge < -0.3 is 35.4 Å². The molecule has 0 radical (unpaired) electrons. The Labute approximate surface area is 285 Å². The van der Waals surface area contributed by atoms with Crippen molar-refractivity contribution in [2.24, 2.45) is 0 Å². The molecule has 0 atom stereocenters. The molecule has 0 heterocycles. The van der Waals surface area contributed by atoms with Gasteiger partial charge in [-0.3, -0.25) is 0 Å². The van der Waals surface area contributed by atoms with Gasteiger partial charge in [0, 0.05) is 56.9 Å². The Bertz CT molecular complexity index is 588. The monoisotopic (exact) mass is 728 g/mol. The van der Waals surface area contributed by atoms with E-state index in [1.54, 1.807) is 0 Å². The summed E-state index contributed by atoms with van der Waals surface area (Å²) in [6.07, 6.45) is 15.4. The minimum Gasteiger partial charge on any atom is -0.398 e. The second kappa shape index (κ2) is 24.8. The van der Waals surface area contributed by atoms with Crippen molar-refractivity contribution in [2.45, 2.75) is 152 Å². The molecule has 45 heavy (non-hydrogen) atoms. The minimum absolute atomic E-state index is 1.08. The smallest absolute Gasteiger partial charge is 0.334 e. The van der Waals surface area contributed by atoms with Gasteiger partial charge in [0.15, 0.2) is 0 Å². The summed E-state index contributed by atoms with van der Waals surface area (Å²) in [6.45, 7) is 8.76. The van der Waals surface area contributed by atoms with Crippen LogP contribution in [0.3, 0.4) is 0 Å². The molecule has 0 aliphatic heterocycles. The van der Waals surface area contributed by atoms with Crippen molar-refractivity contribution >= 4 is 42.3 Å². The molecule has 0 bridgehead atoms. The van der Waals surface area contributed by atoms with Crippen molar-refractivity contribution < 1.29 is 35.4 Å². The Morgan fingerprint density at radius 2 is 0.400 bits per heavy atom. The summed E-state index contributed by atoms with van der Waals surface area (Å²) < 4.78 is 46.1. The highest BCUT2D eigenvalue weighted by molar-refractivity contribution is 6.79. The number of hydrogen-bond acceptors (Lipinski definition) is 8. The predicted molar refractivity (Wildman–Crippen MR) is 202 cm³/mol. The first-order valence-corrected chi connectivity index (χ1v) is 30.7. The Kier molecular flexibility index (Phi) is 25.3. The lowest BCUT2D eigenvalue weighted by molar-refractivity contribution is 0.248. The zero-order valence-corrected chi connectivity index (χ0v) is 36.9. The summed E-state index contributed by atoms with van der Waals surface area (Å²) in [5.41, 5.74) is 0. The maximum Gasteiger partial charge on any atom is 0.334 e. The van der Waals surface area contributed by atoms with Gasteiger partial charge >= 0.3 is 34.2 Å². The highest BCUT2D eigenvalue weighted by Crippen LogP contribution is 2.36. The van der Waals surface area contributed by atoms with Gasteiger partial charge in [0.1, 0.15) is 0 Å². The largest absolute Gasteiger partial charge is 0.398 e. The van der Waals surface area contributed by atoms with Crippen LogP contribution in [0, 0.1) is 0 Å². The molecule has 0 aromatic heterocycles. The molecule has 0 rings (SSSR count). The molecule has 0 aliphatic carbocycles. The van der Waals surface area contributed by atoms with Gasteiger partial charge in [0.05, 0.1) is 8.07 Å². The maximum atomic E-state index is 5.76. The van der Waals surface area contributed by atoms with Gasteiger partial charge in [0.2, 0.25) is 0 Å². The van der Waals surface area contributed by atoms with Gasteiger partial charge in [-0.05, 0) is 50.4 Å². The van der Waals surface area contributed by atoms with E-state index in [2.05, 4.69) is 26.2 Å². The fraction of sp³-hybridized carbons (Fsp3) is 1.00. The van der Waals surface area contributed by atoms with Crippen molar-refractivity contribution in [3.8, 4) is 0 Å². The molecule has 0 fully saturated rings. The van der Waals surface area contributed by atoms with Crippen LogP contribution in [0.5, 0.6) is 0 Å². The summed E-state index contributed by atoms with van der Waals surface area (Å²) in [5.74, 6) is 0. The van der Waals surface area contributed by atoms with Crippen LogP contribution in [0.1, 0.15) is 77.0 Å². The van der Waals surface area contributed by atoms with E-state index < -0.39 is 42.3 Å². The molecular weight excluding hydrogens is 653 g/mol. The number of unbranched alkanes of at least 4 members (excludes halogenated alkanes) is 8. The Hall–Kier alpha value is 0.764. The second-order valence-electron chi connectivity index (χ2n) is 13.9. The van der Waals surface area contributed by atoms with Gasteiger partial charge in [-0.1, -0.05) is 101 Å². The zero-order valence-electron chi connectivity index (χ0n) is 31.9. The molecule has 272 valence electrons. The van der Waals surface area contributed by atoms with Crippen LogP contribution >= 0.6 is 0 Å². The van der Waals surface area contributed by atoms with Gasteiger partial charge in [-0.25, -0.2) is 0 Å². The van der Waals surface area contributed by atoms with Crippen molar-refractivity contribution in [3.05, 3.63) is 0 Å². The molecule has 0 aliphatic rings. The highest BCUT2D eigenvalue weighted by Gasteiger charge is 2.34. The predicted octanol–water partition coefficient (Wildman–Crippen LogP) is 9.58. The van der Waals surface area contributed by atoms with E-state index in [0.717, 1.165) is 24.2 Å². The van der Waals surface area contributed by atoms with Crippen LogP contribution in [0.2, 0.25) is 74.5 Å². The lowest BCUT2D eigenvalue weighted by Crippen LogP contribution is -2.36. The molecule has 8 nitrogen and oxygen atoms in total. The highest BCUT2D eigenvalue weighted by atomic mass is 28.4. The quantitative estimate of drug-likeness (QED) is 0.0501. The summed E-state index contributed by atoms with van der Waals surface area (Å²) in [7, 11) is 5.09. The molecule has 13 heteroatoms. The normalized spacial score (nSPS) is 13.6. The SMILES string of the molecule is CO[Si](C)(CCCCC[Si](CCCCC[Si](C)(OC)OC)(CCCCC[Si](C)(OC)OC)CCCCC[Si](C)(OC)OC)OC. The first kappa shape index (κ1) is 45.8. The Morgan fingerprint density at radius 1 is 0.244 bits per heavy atom. The van der Waals surface area contributed by atoms with Crippen molar-refractivity contribution in [1.29, 1.82) is 0 Å². The summed E-state index contributed by atoms with van der Waals surface area (Å²) in [4.78, 5) is 0. The number of rotatable bonds is 32. The van der Waals surface area contributed by atoms with Gasteiger partial charge in [-0.15, -0.1) is 0 Å². The fourth-order valence-electron chi connectivity index (χ4n) is 6.39. The molecular formula is C32H76O8Si5. The van der Waals surface area contributed by atoms with E-state index in [1.807, 2.05) is 56.9 Å². The molecule has 0 saturated carbocycles. The van der Waals surface area contributed by atoms with E-state index in [1.165, 1.54) is 101 Å². The van der Waals surface area contributed by atoms with Crippen LogP contribution in [0.4, 0.5) is 0 Å². The third-order valence-electron chi connectivity index (χ3n) is 10.8. The average Bonchev–Trinajstić information content (AvgIpc) is 3.06. The van der Waals surface area contributed by atoms with E-state index in [9.17, 15) is 0 Å². The van der Waals surface area contributed by atoms with Crippen LogP contribution in [0.25, 0.3) is 0 Å². The van der Waals surface area contributed by atoms with Crippen LogP contribution in [-0.4, -0.2) is 99.2 Å². The van der Waals surface area contributed by atoms with Crippen molar-refractivity contribution in [3.63, 3.8) is 0 Å².